The number of likely N-dealkylation sites (tertiary alicyclic amines) is 1. The summed E-state index contributed by atoms with van der Waals surface area (Å²) in [5, 5.41) is 16.0. The number of nitrogens with zero attached hydrogens (tertiary/aromatic N) is 2. The van der Waals surface area contributed by atoms with E-state index in [1.807, 2.05) is 26.8 Å². The van der Waals surface area contributed by atoms with Gasteiger partial charge in [-0.3, -0.25) is 14.4 Å². The maximum atomic E-state index is 13.0. The number of hydrogen-bond donors (Lipinski definition) is 3. The van der Waals surface area contributed by atoms with Crippen LogP contribution in [0.5, 0.6) is 5.75 Å². The lowest BCUT2D eigenvalue weighted by Crippen LogP contribution is -2.54. The summed E-state index contributed by atoms with van der Waals surface area (Å²) in [5.74, 6) is -0.763. The van der Waals surface area contributed by atoms with Gasteiger partial charge in [0.1, 0.15) is 17.8 Å². The van der Waals surface area contributed by atoms with Gasteiger partial charge >= 0.3 is 0 Å². The maximum Gasteiger partial charge on any atom is 0.246 e. The Kier molecular flexibility index (Phi) is 7.50. The first-order valence-electron chi connectivity index (χ1n) is 10.8. The molecule has 0 bridgehead atoms. The summed E-state index contributed by atoms with van der Waals surface area (Å²) in [4.78, 5) is 44.2. The molecule has 3 amide bonds. The molecule has 0 unspecified atom stereocenters. The van der Waals surface area contributed by atoms with Crippen molar-refractivity contribution in [2.75, 3.05) is 6.54 Å². The number of benzene rings is 1. The van der Waals surface area contributed by atoms with Crippen molar-refractivity contribution in [1.82, 2.24) is 20.5 Å². The summed E-state index contributed by atoms with van der Waals surface area (Å²) in [6.07, 6.45) is 1.29. The van der Waals surface area contributed by atoms with Gasteiger partial charge in [-0.2, -0.15) is 0 Å². The molecule has 0 aliphatic carbocycles. The fraction of sp³-hybridized carbons (Fsp3) is 0.478. The van der Waals surface area contributed by atoms with E-state index in [0.717, 1.165) is 22.6 Å². The molecule has 3 N–H and O–H groups in total. The average Bonchev–Trinajstić information content (AvgIpc) is 3.39. The van der Waals surface area contributed by atoms with E-state index >= 15 is 0 Å². The Hall–Kier alpha value is -2.94. The first-order valence-corrected chi connectivity index (χ1v) is 11.6. The molecule has 0 saturated carbocycles. The molecule has 0 radical (unpaired) electrons. The summed E-state index contributed by atoms with van der Waals surface area (Å²) >= 11 is 1.51. The molecule has 8 nitrogen and oxygen atoms in total. The third-order valence-electron chi connectivity index (χ3n) is 5.68. The lowest BCUT2D eigenvalue weighted by atomic mass is 10.0. The Morgan fingerprint density at radius 2 is 2.06 bits per heavy atom. The fourth-order valence-corrected chi connectivity index (χ4v) is 4.75. The molecule has 1 aromatic heterocycles. The van der Waals surface area contributed by atoms with Crippen LogP contribution in [0.2, 0.25) is 0 Å². The van der Waals surface area contributed by atoms with E-state index < -0.39 is 12.1 Å². The van der Waals surface area contributed by atoms with Crippen LogP contribution in [0.25, 0.3) is 10.4 Å². The van der Waals surface area contributed by atoms with Crippen LogP contribution in [0, 0.1) is 12.8 Å². The molecule has 2 heterocycles. The molecule has 3 rings (SSSR count). The number of phenols is 1. The topological polar surface area (TPSA) is 112 Å². The van der Waals surface area contributed by atoms with E-state index in [4.69, 9.17) is 0 Å². The zero-order valence-corrected chi connectivity index (χ0v) is 19.7. The van der Waals surface area contributed by atoms with Gasteiger partial charge in [-0.05, 0) is 37.3 Å². The van der Waals surface area contributed by atoms with Crippen molar-refractivity contribution in [3.05, 3.63) is 35.0 Å². The monoisotopic (exact) mass is 458 g/mol. The lowest BCUT2D eigenvalue weighted by molar-refractivity contribution is -0.142. The second kappa shape index (κ2) is 10.1. The average molecular weight is 459 g/mol. The van der Waals surface area contributed by atoms with Crippen LogP contribution in [0.3, 0.4) is 0 Å². The van der Waals surface area contributed by atoms with E-state index in [0.29, 0.717) is 18.5 Å². The number of hydrogen-bond acceptors (Lipinski definition) is 6. The van der Waals surface area contributed by atoms with Gasteiger partial charge in [0.25, 0.3) is 0 Å². The molecular formula is C23H30N4O4S. The molecule has 172 valence electrons. The smallest absolute Gasteiger partial charge is 0.246 e. The van der Waals surface area contributed by atoms with Gasteiger partial charge in [0.15, 0.2) is 0 Å². The van der Waals surface area contributed by atoms with Crippen molar-refractivity contribution in [1.29, 1.82) is 0 Å². The van der Waals surface area contributed by atoms with Crippen LogP contribution in [0.1, 0.15) is 44.9 Å². The number of aryl methyl sites for hydroxylation is 1. The highest BCUT2D eigenvalue weighted by atomic mass is 32.1. The number of rotatable bonds is 7. The Bertz CT molecular complexity index is 1000. The fourth-order valence-electron chi connectivity index (χ4n) is 3.95. The summed E-state index contributed by atoms with van der Waals surface area (Å²) in [7, 11) is 0. The summed E-state index contributed by atoms with van der Waals surface area (Å²) < 4.78 is 0. The molecular weight excluding hydrogens is 428 g/mol. The Morgan fingerprint density at radius 3 is 2.66 bits per heavy atom. The summed E-state index contributed by atoms with van der Waals surface area (Å²) in [6, 6.07) is 4.11. The third-order valence-corrected chi connectivity index (χ3v) is 6.65. The van der Waals surface area contributed by atoms with Gasteiger partial charge in [0.2, 0.25) is 17.7 Å². The highest BCUT2D eigenvalue weighted by Crippen LogP contribution is 2.31. The van der Waals surface area contributed by atoms with Gasteiger partial charge in [0, 0.05) is 25.6 Å². The molecule has 32 heavy (non-hydrogen) atoms. The van der Waals surface area contributed by atoms with E-state index in [9.17, 15) is 19.5 Å². The number of nitrogens with one attached hydrogen (secondary N) is 2. The van der Waals surface area contributed by atoms with Crippen LogP contribution < -0.4 is 10.6 Å². The number of phenolic OH excluding ortho intramolecular Hbond substituents is 1. The lowest BCUT2D eigenvalue weighted by Gasteiger charge is -2.30. The predicted molar refractivity (Wildman–Crippen MR) is 123 cm³/mol. The highest BCUT2D eigenvalue weighted by Gasteiger charge is 2.38. The minimum absolute atomic E-state index is 0.0895. The van der Waals surface area contributed by atoms with Crippen LogP contribution in [-0.4, -0.2) is 51.3 Å². The van der Waals surface area contributed by atoms with Crippen LogP contribution in [0.4, 0.5) is 0 Å². The van der Waals surface area contributed by atoms with Crippen molar-refractivity contribution < 1.29 is 19.5 Å². The van der Waals surface area contributed by atoms with Crippen molar-refractivity contribution in [2.45, 2.75) is 59.2 Å². The van der Waals surface area contributed by atoms with Gasteiger partial charge in [-0.15, -0.1) is 11.3 Å². The number of aromatic hydroxyl groups is 1. The summed E-state index contributed by atoms with van der Waals surface area (Å²) in [5.41, 5.74) is 4.14. The van der Waals surface area contributed by atoms with Crippen molar-refractivity contribution in [2.24, 2.45) is 5.92 Å². The van der Waals surface area contributed by atoms with Gasteiger partial charge in [-0.1, -0.05) is 26.0 Å². The van der Waals surface area contributed by atoms with Gasteiger partial charge < -0.3 is 20.6 Å². The van der Waals surface area contributed by atoms with Gasteiger partial charge in [-0.25, -0.2) is 4.98 Å². The normalized spacial score (nSPS) is 16.8. The zero-order chi connectivity index (χ0) is 23.4. The van der Waals surface area contributed by atoms with Crippen LogP contribution >= 0.6 is 11.3 Å². The molecule has 1 aliphatic heterocycles. The second-order valence-corrected chi connectivity index (χ2v) is 9.29. The molecule has 1 aromatic carbocycles. The SMILES string of the molecule is CC(=O)N[C@H](C(=O)N1CCC[C@H]1C(=O)NCc1ccc(-c2scnc2C)cc1O)C(C)C. The van der Waals surface area contributed by atoms with E-state index in [1.165, 1.54) is 18.3 Å². The highest BCUT2D eigenvalue weighted by molar-refractivity contribution is 7.13. The predicted octanol–water partition coefficient (Wildman–Crippen LogP) is 2.59. The first kappa shape index (κ1) is 23.7. The Labute approximate surface area is 192 Å². The number of thiazole rings is 1. The van der Waals surface area contributed by atoms with Crippen molar-refractivity contribution in [3.8, 4) is 16.2 Å². The molecule has 9 heteroatoms. The molecule has 1 fully saturated rings. The van der Waals surface area contributed by atoms with Crippen LogP contribution in [0.15, 0.2) is 23.7 Å². The van der Waals surface area contributed by atoms with Crippen molar-refractivity contribution in [3.63, 3.8) is 0 Å². The number of aromatic nitrogens is 1. The standard InChI is InChI=1S/C23H30N4O4S/c1-13(2)20(26-15(4)28)23(31)27-9-5-6-18(27)22(30)24-11-17-8-7-16(10-19(17)29)21-14(3)25-12-32-21/h7-8,10,12-13,18,20,29H,5-6,9,11H2,1-4H3,(H,24,30)(H,26,28)/t18-,20-/m0/s1. The molecule has 2 atom stereocenters. The Balaban J connectivity index is 1.65. The Morgan fingerprint density at radius 1 is 1.31 bits per heavy atom. The third kappa shape index (κ3) is 5.27. The van der Waals surface area contributed by atoms with Crippen molar-refractivity contribution >= 4 is 29.1 Å². The maximum absolute atomic E-state index is 13.0. The quantitative estimate of drug-likeness (QED) is 0.591. The minimum atomic E-state index is -0.660. The van der Waals surface area contributed by atoms with Gasteiger partial charge in [0.05, 0.1) is 16.1 Å². The molecule has 2 aromatic rings. The molecule has 1 saturated heterocycles. The number of amides is 3. The molecule has 0 spiro atoms. The zero-order valence-electron chi connectivity index (χ0n) is 18.8. The first-order chi connectivity index (χ1) is 15.2. The summed E-state index contributed by atoms with van der Waals surface area (Å²) in [6.45, 7) is 7.66. The van der Waals surface area contributed by atoms with E-state index in [2.05, 4.69) is 15.6 Å². The molecule has 1 aliphatic rings. The number of carbonyl (C=O) groups is 3. The van der Waals surface area contributed by atoms with Crippen LogP contribution in [-0.2, 0) is 20.9 Å². The largest absolute Gasteiger partial charge is 0.508 e. The number of carbonyl (C=O) groups excluding carboxylic acids is 3. The second-order valence-electron chi connectivity index (χ2n) is 8.44. The van der Waals surface area contributed by atoms with E-state index in [-0.39, 0.29) is 35.9 Å². The van der Waals surface area contributed by atoms with E-state index in [1.54, 1.807) is 22.5 Å². The minimum Gasteiger partial charge on any atom is -0.508 e.